The smallest absolute Gasteiger partial charge is 0.233 e. The Morgan fingerprint density at radius 2 is 2.14 bits per heavy atom. The summed E-state index contributed by atoms with van der Waals surface area (Å²) in [6.07, 6.45) is 1.68. The molecular weight excluding hydrogens is 278 g/mol. The topological polar surface area (TPSA) is 49.4 Å². The van der Waals surface area contributed by atoms with Gasteiger partial charge in [-0.05, 0) is 30.9 Å². The number of halogens is 2. The van der Waals surface area contributed by atoms with E-state index in [1.165, 1.54) is 0 Å². The van der Waals surface area contributed by atoms with E-state index in [0.717, 1.165) is 25.0 Å². The highest BCUT2D eigenvalue weighted by Gasteiger charge is 2.23. The van der Waals surface area contributed by atoms with Crippen LogP contribution in [0.2, 0.25) is 0 Å². The summed E-state index contributed by atoms with van der Waals surface area (Å²) in [5.74, 6) is -2.00. The van der Waals surface area contributed by atoms with E-state index in [-0.39, 0.29) is 18.0 Å². The first-order valence-corrected chi connectivity index (χ1v) is 6.98. The Kier molecular flexibility index (Phi) is 4.88. The number of carbonyl (C=O) groups excluding carboxylic acids is 2. The van der Waals surface area contributed by atoms with Crippen molar-refractivity contribution in [2.45, 2.75) is 26.2 Å². The molecule has 1 aliphatic rings. The number of piperidine rings is 1. The second kappa shape index (κ2) is 6.65. The summed E-state index contributed by atoms with van der Waals surface area (Å²) in [6.45, 7) is 3.37. The molecule has 21 heavy (non-hydrogen) atoms. The quantitative estimate of drug-likeness (QED) is 0.871. The molecule has 0 aliphatic carbocycles. The van der Waals surface area contributed by atoms with Crippen LogP contribution in [0.5, 0.6) is 0 Å². The van der Waals surface area contributed by atoms with Crippen LogP contribution in [0.3, 0.4) is 0 Å². The Labute approximate surface area is 122 Å². The SMILES string of the molecule is CC1CCCN(C(=O)CC(=O)Nc2ccc(F)cc2F)C1. The molecule has 1 aromatic carbocycles. The van der Waals surface area contributed by atoms with Crippen molar-refractivity contribution in [1.29, 1.82) is 0 Å². The van der Waals surface area contributed by atoms with Crippen molar-refractivity contribution in [3.63, 3.8) is 0 Å². The van der Waals surface area contributed by atoms with Gasteiger partial charge in [0.1, 0.15) is 18.1 Å². The first-order chi connectivity index (χ1) is 9.95. The van der Waals surface area contributed by atoms with E-state index in [0.29, 0.717) is 25.1 Å². The molecule has 1 unspecified atom stereocenters. The Morgan fingerprint density at radius 1 is 1.38 bits per heavy atom. The Morgan fingerprint density at radius 3 is 2.81 bits per heavy atom. The molecule has 2 rings (SSSR count). The lowest BCUT2D eigenvalue weighted by atomic mass is 10.00. The normalized spacial score (nSPS) is 18.4. The summed E-state index contributed by atoms with van der Waals surface area (Å²) >= 11 is 0. The number of amides is 2. The van der Waals surface area contributed by atoms with Crippen molar-refractivity contribution in [3.8, 4) is 0 Å². The maximum absolute atomic E-state index is 13.4. The number of nitrogens with one attached hydrogen (secondary N) is 1. The maximum Gasteiger partial charge on any atom is 0.233 e. The summed E-state index contributed by atoms with van der Waals surface area (Å²) < 4.78 is 26.2. The molecule has 0 spiro atoms. The zero-order chi connectivity index (χ0) is 15.4. The monoisotopic (exact) mass is 296 g/mol. The van der Waals surface area contributed by atoms with E-state index in [1.807, 2.05) is 0 Å². The van der Waals surface area contributed by atoms with Gasteiger partial charge in [0.15, 0.2) is 0 Å². The van der Waals surface area contributed by atoms with E-state index >= 15 is 0 Å². The molecular formula is C15H18F2N2O2. The zero-order valence-corrected chi connectivity index (χ0v) is 11.9. The second-order valence-electron chi connectivity index (χ2n) is 5.44. The van der Waals surface area contributed by atoms with Gasteiger partial charge in [0.2, 0.25) is 11.8 Å². The third-order valence-electron chi connectivity index (χ3n) is 3.53. The van der Waals surface area contributed by atoms with Crippen molar-refractivity contribution in [1.82, 2.24) is 4.90 Å². The maximum atomic E-state index is 13.4. The van der Waals surface area contributed by atoms with Gasteiger partial charge >= 0.3 is 0 Å². The van der Waals surface area contributed by atoms with Crippen LogP contribution >= 0.6 is 0 Å². The van der Waals surface area contributed by atoms with Gasteiger partial charge in [0.05, 0.1) is 5.69 Å². The minimum Gasteiger partial charge on any atom is -0.342 e. The molecule has 0 saturated carbocycles. The van der Waals surface area contributed by atoms with Gasteiger partial charge in [-0.25, -0.2) is 8.78 Å². The van der Waals surface area contributed by atoms with Crippen molar-refractivity contribution in [2.75, 3.05) is 18.4 Å². The van der Waals surface area contributed by atoms with E-state index in [4.69, 9.17) is 0 Å². The molecule has 1 atom stereocenters. The van der Waals surface area contributed by atoms with Crippen LogP contribution < -0.4 is 5.32 Å². The minimum absolute atomic E-state index is 0.124. The molecule has 0 bridgehead atoms. The minimum atomic E-state index is -0.859. The summed E-state index contributed by atoms with van der Waals surface area (Å²) in [5, 5.41) is 2.29. The summed E-state index contributed by atoms with van der Waals surface area (Å²) in [5.41, 5.74) is -0.124. The van der Waals surface area contributed by atoms with Crippen LogP contribution in [0, 0.1) is 17.6 Å². The number of likely N-dealkylation sites (tertiary alicyclic amines) is 1. The molecule has 0 aromatic heterocycles. The van der Waals surface area contributed by atoms with Gasteiger partial charge in [0.25, 0.3) is 0 Å². The van der Waals surface area contributed by atoms with Crippen molar-refractivity contribution < 1.29 is 18.4 Å². The van der Waals surface area contributed by atoms with E-state index < -0.39 is 17.5 Å². The number of anilines is 1. The largest absolute Gasteiger partial charge is 0.342 e. The van der Waals surface area contributed by atoms with Crippen LogP contribution in [0.25, 0.3) is 0 Å². The van der Waals surface area contributed by atoms with Crippen LogP contribution in [0.4, 0.5) is 14.5 Å². The third-order valence-corrected chi connectivity index (χ3v) is 3.53. The van der Waals surface area contributed by atoms with E-state index in [9.17, 15) is 18.4 Å². The molecule has 1 aromatic rings. The van der Waals surface area contributed by atoms with E-state index in [2.05, 4.69) is 12.2 Å². The van der Waals surface area contributed by atoms with Crippen molar-refractivity contribution in [2.24, 2.45) is 5.92 Å². The summed E-state index contributed by atoms with van der Waals surface area (Å²) in [6, 6.07) is 2.87. The Balaban J connectivity index is 1.90. The molecule has 1 N–H and O–H groups in total. The lowest BCUT2D eigenvalue weighted by Crippen LogP contribution is -2.40. The highest BCUT2D eigenvalue weighted by atomic mass is 19.1. The molecule has 114 valence electrons. The Hall–Kier alpha value is -1.98. The molecule has 1 aliphatic heterocycles. The number of rotatable bonds is 3. The number of hydrogen-bond acceptors (Lipinski definition) is 2. The number of hydrogen-bond donors (Lipinski definition) is 1. The third kappa shape index (κ3) is 4.24. The highest BCUT2D eigenvalue weighted by Crippen LogP contribution is 2.17. The molecule has 1 heterocycles. The first-order valence-electron chi connectivity index (χ1n) is 6.98. The van der Waals surface area contributed by atoms with Crippen LogP contribution in [0.1, 0.15) is 26.2 Å². The fourth-order valence-corrected chi connectivity index (χ4v) is 2.45. The van der Waals surface area contributed by atoms with Crippen molar-refractivity contribution in [3.05, 3.63) is 29.8 Å². The molecule has 1 fully saturated rings. The van der Waals surface area contributed by atoms with Gasteiger partial charge in [-0.1, -0.05) is 6.92 Å². The predicted molar refractivity (Wildman–Crippen MR) is 74.6 cm³/mol. The lowest BCUT2D eigenvalue weighted by molar-refractivity contribution is -0.136. The fraction of sp³-hybridized carbons (Fsp3) is 0.467. The number of nitrogens with zero attached hydrogens (tertiary/aromatic N) is 1. The zero-order valence-electron chi connectivity index (χ0n) is 11.9. The van der Waals surface area contributed by atoms with Crippen molar-refractivity contribution >= 4 is 17.5 Å². The van der Waals surface area contributed by atoms with Gasteiger partial charge < -0.3 is 10.2 Å². The highest BCUT2D eigenvalue weighted by molar-refractivity contribution is 6.03. The van der Waals surface area contributed by atoms with E-state index in [1.54, 1.807) is 4.90 Å². The summed E-state index contributed by atoms with van der Waals surface area (Å²) in [7, 11) is 0. The van der Waals surface area contributed by atoms with Gasteiger partial charge in [-0.15, -0.1) is 0 Å². The van der Waals surface area contributed by atoms with Gasteiger partial charge in [-0.3, -0.25) is 9.59 Å². The first kappa shape index (κ1) is 15.4. The number of benzene rings is 1. The lowest BCUT2D eigenvalue weighted by Gasteiger charge is -2.30. The average molecular weight is 296 g/mol. The fourth-order valence-electron chi connectivity index (χ4n) is 2.45. The second-order valence-corrected chi connectivity index (χ2v) is 5.44. The predicted octanol–water partition coefficient (Wildman–Crippen LogP) is 2.55. The molecule has 4 nitrogen and oxygen atoms in total. The van der Waals surface area contributed by atoms with Crippen LogP contribution in [-0.2, 0) is 9.59 Å². The summed E-state index contributed by atoms with van der Waals surface area (Å²) in [4.78, 5) is 25.4. The van der Waals surface area contributed by atoms with Crippen LogP contribution in [0.15, 0.2) is 18.2 Å². The van der Waals surface area contributed by atoms with Crippen LogP contribution in [-0.4, -0.2) is 29.8 Å². The van der Waals surface area contributed by atoms with Gasteiger partial charge in [-0.2, -0.15) is 0 Å². The standard InChI is InChI=1S/C15H18F2N2O2/c1-10-3-2-6-19(9-10)15(21)8-14(20)18-13-5-4-11(16)7-12(13)17/h4-5,7,10H,2-3,6,8-9H2,1H3,(H,18,20). The molecule has 6 heteroatoms. The van der Waals surface area contributed by atoms with Gasteiger partial charge in [0, 0.05) is 19.2 Å². The molecule has 0 radical (unpaired) electrons. The average Bonchev–Trinajstić information content (AvgIpc) is 2.42. The Bertz CT molecular complexity index is 548. The number of carbonyl (C=O) groups is 2. The molecule has 1 saturated heterocycles. The molecule has 2 amide bonds.